The number of Topliss-reactive ketones (excluding diaryl/α,β-unsaturated/α-hetero) is 1. The fraction of sp³-hybridized carbons (Fsp3) is 0.696. The van der Waals surface area contributed by atoms with E-state index in [0.29, 0.717) is 55.2 Å². The van der Waals surface area contributed by atoms with Crippen LogP contribution in [-0.2, 0) is 21.3 Å². The predicted molar refractivity (Wildman–Crippen MR) is 118 cm³/mol. The maximum absolute atomic E-state index is 13.6. The first-order valence-corrected chi connectivity index (χ1v) is 11.0. The van der Waals surface area contributed by atoms with E-state index in [1.54, 1.807) is 30.4 Å². The van der Waals surface area contributed by atoms with Crippen LogP contribution >= 0.6 is 0 Å². The Morgan fingerprint density at radius 2 is 1.74 bits per heavy atom. The summed E-state index contributed by atoms with van der Waals surface area (Å²) in [4.78, 5) is 42.8. The topological polar surface area (TPSA) is 81.1 Å². The third-order valence-electron chi connectivity index (χ3n) is 6.07. The van der Waals surface area contributed by atoms with Crippen molar-refractivity contribution in [3.8, 4) is 0 Å². The molecule has 1 aliphatic heterocycles. The van der Waals surface area contributed by atoms with Crippen molar-refractivity contribution < 1.29 is 23.9 Å². The molecular formula is C23H37N3O5. The normalized spacial score (nSPS) is 15.7. The molecule has 1 fully saturated rings. The smallest absolute Gasteiger partial charge is 0.354 e. The number of ketones is 1. The lowest BCUT2D eigenvalue weighted by Gasteiger charge is -2.33. The number of aromatic nitrogens is 1. The van der Waals surface area contributed by atoms with Gasteiger partial charge in [-0.1, -0.05) is 13.8 Å². The molecule has 8 heteroatoms. The standard InChI is InChI=1S/C23H37N3O5/c1-15(2)14-19(27)26(9-8-25-10-12-31-13-11-25)18(5)22(28)20-16(3)21(23(29)30-7)24(6)17(20)4/h15,18H,8-14H2,1-7H3. The summed E-state index contributed by atoms with van der Waals surface area (Å²) < 4.78 is 12.0. The molecule has 1 amide bonds. The molecule has 1 aromatic heterocycles. The van der Waals surface area contributed by atoms with Gasteiger partial charge in [0.2, 0.25) is 5.91 Å². The average molecular weight is 436 g/mol. The number of methoxy groups -OCH3 is 1. The Bertz CT molecular complexity index is 809. The summed E-state index contributed by atoms with van der Waals surface area (Å²) in [6, 6.07) is -0.627. The van der Waals surface area contributed by atoms with Crippen LogP contribution in [0.15, 0.2) is 0 Å². The Hall–Kier alpha value is -2.19. The highest BCUT2D eigenvalue weighted by atomic mass is 16.5. The van der Waals surface area contributed by atoms with Crippen LogP contribution in [0.1, 0.15) is 59.3 Å². The van der Waals surface area contributed by atoms with Crippen molar-refractivity contribution in [2.45, 2.75) is 47.1 Å². The fourth-order valence-corrected chi connectivity index (χ4v) is 4.15. The van der Waals surface area contributed by atoms with Gasteiger partial charge in [-0.3, -0.25) is 14.5 Å². The molecule has 0 saturated carbocycles. The second kappa shape index (κ2) is 10.9. The highest BCUT2D eigenvalue weighted by Gasteiger charge is 2.32. The minimum absolute atomic E-state index is 0.0245. The number of carbonyl (C=O) groups excluding carboxylic acids is 3. The monoisotopic (exact) mass is 435 g/mol. The number of rotatable bonds is 9. The Kier molecular flexibility index (Phi) is 8.82. The molecule has 1 unspecified atom stereocenters. The summed E-state index contributed by atoms with van der Waals surface area (Å²) in [5.74, 6) is -0.454. The lowest BCUT2D eigenvalue weighted by molar-refractivity contribution is -0.133. The minimum atomic E-state index is -0.627. The number of hydrogen-bond acceptors (Lipinski definition) is 6. The van der Waals surface area contributed by atoms with Gasteiger partial charge in [-0.05, 0) is 32.3 Å². The molecule has 0 aliphatic carbocycles. The van der Waals surface area contributed by atoms with Crippen LogP contribution in [0.3, 0.4) is 0 Å². The number of esters is 1. The van der Waals surface area contributed by atoms with Crippen LogP contribution < -0.4 is 0 Å². The quantitative estimate of drug-likeness (QED) is 0.437. The first kappa shape index (κ1) is 25.1. The van der Waals surface area contributed by atoms with E-state index in [2.05, 4.69) is 4.90 Å². The van der Waals surface area contributed by atoms with Crippen molar-refractivity contribution >= 4 is 17.7 Å². The third kappa shape index (κ3) is 5.74. The molecule has 0 spiro atoms. The maximum Gasteiger partial charge on any atom is 0.354 e. The minimum Gasteiger partial charge on any atom is -0.464 e. The first-order chi connectivity index (χ1) is 14.6. The second-order valence-electron chi connectivity index (χ2n) is 8.66. The van der Waals surface area contributed by atoms with Gasteiger partial charge in [-0.25, -0.2) is 4.79 Å². The van der Waals surface area contributed by atoms with Crippen molar-refractivity contribution in [3.63, 3.8) is 0 Å². The van der Waals surface area contributed by atoms with Crippen molar-refractivity contribution in [1.29, 1.82) is 0 Å². The summed E-state index contributed by atoms with van der Waals surface area (Å²) in [6.07, 6.45) is 0.390. The van der Waals surface area contributed by atoms with Crippen LogP contribution in [0.2, 0.25) is 0 Å². The SMILES string of the molecule is COC(=O)c1c(C)c(C(=O)C(C)N(CCN2CCOCC2)C(=O)CC(C)C)c(C)n1C. The highest BCUT2D eigenvalue weighted by Crippen LogP contribution is 2.25. The van der Waals surface area contributed by atoms with E-state index in [-0.39, 0.29) is 17.6 Å². The number of carbonyl (C=O) groups is 3. The van der Waals surface area contributed by atoms with Crippen LogP contribution in [0, 0.1) is 19.8 Å². The zero-order chi connectivity index (χ0) is 23.3. The van der Waals surface area contributed by atoms with E-state index < -0.39 is 12.0 Å². The van der Waals surface area contributed by atoms with Crippen molar-refractivity contribution in [2.24, 2.45) is 13.0 Å². The van der Waals surface area contributed by atoms with Gasteiger partial charge >= 0.3 is 5.97 Å². The van der Waals surface area contributed by atoms with Gasteiger partial charge in [-0.2, -0.15) is 0 Å². The van der Waals surface area contributed by atoms with Gasteiger partial charge < -0.3 is 18.9 Å². The molecule has 2 rings (SSSR count). The largest absolute Gasteiger partial charge is 0.464 e. The van der Waals surface area contributed by atoms with Gasteiger partial charge in [0, 0.05) is 50.9 Å². The summed E-state index contributed by atoms with van der Waals surface area (Å²) in [7, 11) is 3.07. The third-order valence-corrected chi connectivity index (χ3v) is 6.07. The average Bonchev–Trinajstić information content (AvgIpc) is 2.95. The molecule has 2 heterocycles. The predicted octanol–water partition coefficient (Wildman–Crippen LogP) is 2.21. The van der Waals surface area contributed by atoms with E-state index in [1.807, 2.05) is 20.8 Å². The Labute approximate surface area is 185 Å². The molecule has 1 saturated heterocycles. The van der Waals surface area contributed by atoms with Crippen molar-refractivity contribution in [1.82, 2.24) is 14.4 Å². The zero-order valence-electron chi connectivity index (χ0n) is 20.0. The summed E-state index contributed by atoms with van der Waals surface area (Å²) >= 11 is 0. The number of nitrogens with zero attached hydrogens (tertiary/aromatic N) is 3. The number of hydrogen-bond donors (Lipinski definition) is 0. The van der Waals surface area contributed by atoms with Gasteiger partial charge in [0.25, 0.3) is 0 Å². The maximum atomic E-state index is 13.6. The molecule has 1 atom stereocenters. The van der Waals surface area contributed by atoms with Crippen LogP contribution in [0.25, 0.3) is 0 Å². The van der Waals surface area contributed by atoms with Crippen molar-refractivity contribution in [2.75, 3.05) is 46.5 Å². The molecule has 0 N–H and O–H groups in total. The first-order valence-electron chi connectivity index (χ1n) is 11.0. The summed E-state index contributed by atoms with van der Waals surface area (Å²) in [5.41, 5.74) is 2.14. The zero-order valence-corrected chi connectivity index (χ0v) is 20.0. The molecule has 0 radical (unpaired) electrons. The lowest BCUT2D eigenvalue weighted by Crippen LogP contribution is -2.48. The Morgan fingerprint density at radius 1 is 1.13 bits per heavy atom. The van der Waals surface area contributed by atoms with E-state index in [1.165, 1.54) is 7.11 Å². The molecule has 1 aromatic rings. The number of morpholine rings is 1. The van der Waals surface area contributed by atoms with Gasteiger partial charge in [0.05, 0.1) is 26.4 Å². The molecule has 8 nitrogen and oxygen atoms in total. The van der Waals surface area contributed by atoms with Gasteiger partial charge in [-0.15, -0.1) is 0 Å². The second-order valence-corrected chi connectivity index (χ2v) is 8.66. The van der Waals surface area contributed by atoms with Gasteiger partial charge in [0.15, 0.2) is 5.78 Å². The molecular weight excluding hydrogens is 398 g/mol. The molecule has 1 aliphatic rings. The lowest BCUT2D eigenvalue weighted by atomic mass is 9.99. The number of ether oxygens (including phenoxy) is 2. The van der Waals surface area contributed by atoms with E-state index in [0.717, 1.165) is 13.1 Å². The van der Waals surface area contributed by atoms with Crippen LogP contribution in [-0.4, -0.2) is 84.6 Å². The summed E-state index contributed by atoms with van der Waals surface area (Å²) in [5, 5.41) is 0. The highest BCUT2D eigenvalue weighted by molar-refractivity contribution is 6.06. The fourth-order valence-electron chi connectivity index (χ4n) is 4.15. The van der Waals surface area contributed by atoms with Crippen LogP contribution in [0.4, 0.5) is 0 Å². The van der Waals surface area contributed by atoms with E-state index in [9.17, 15) is 14.4 Å². The Morgan fingerprint density at radius 3 is 2.29 bits per heavy atom. The van der Waals surface area contributed by atoms with Crippen molar-refractivity contribution in [3.05, 3.63) is 22.5 Å². The molecule has 0 aromatic carbocycles. The summed E-state index contributed by atoms with van der Waals surface area (Å²) in [6.45, 7) is 13.6. The molecule has 0 bridgehead atoms. The van der Waals surface area contributed by atoms with Gasteiger partial charge in [0.1, 0.15) is 5.69 Å². The Balaban J connectivity index is 2.30. The van der Waals surface area contributed by atoms with E-state index >= 15 is 0 Å². The molecule has 174 valence electrons. The number of amides is 1. The van der Waals surface area contributed by atoms with E-state index in [4.69, 9.17) is 9.47 Å². The molecule has 31 heavy (non-hydrogen) atoms. The van der Waals surface area contributed by atoms with Crippen LogP contribution in [0.5, 0.6) is 0 Å².